The highest BCUT2D eigenvalue weighted by Crippen LogP contribution is 2.07. The first-order chi connectivity index (χ1) is 7.50. The Labute approximate surface area is 96.8 Å². The predicted molar refractivity (Wildman–Crippen MR) is 58.3 cm³/mol. The molecule has 7 heteroatoms. The first kappa shape index (κ1) is 12.6. The Morgan fingerprint density at radius 3 is 2.69 bits per heavy atom. The molecule has 0 saturated carbocycles. The maximum atomic E-state index is 11.6. The normalized spacial score (nSPS) is 12.4. The van der Waals surface area contributed by atoms with E-state index < -0.39 is 17.9 Å². The number of rotatable bonds is 5. The summed E-state index contributed by atoms with van der Waals surface area (Å²) in [6, 6.07) is -0.866. The molecule has 1 aromatic rings. The molecule has 1 amide bonds. The molecule has 0 aromatic carbocycles. The molecule has 1 heterocycles. The Bertz CT molecular complexity index is 364. The maximum Gasteiger partial charge on any atom is 0.326 e. The minimum Gasteiger partial charge on any atom is -0.480 e. The monoisotopic (exact) mass is 243 g/mol. The van der Waals surface area contributed by atoms with E-state index in [1.165, 1.54) is 6.20 Å². The summed E-state index contributed by atoms with van der Waals surface area (Å²) in [4.78, 5) is 22.8. The van der Waals surface area contributed by atoms with E-state index in [1.807, 2.05) is 13.8 Å². The molecular formula is C9H13N3O3S. The molecule has 0 saturated heterocycles. The Morgan fingerprint density at radius 1 is 1.56 bits per heavy atom. The number of aliphatic carboxylic acids is 1. The van der Waals surface area contributed by atoms with Gasteiger partial charge in [0.2, 0.25) is 0 Å². The average molecular weight is 243 g/mol. The van der Waals surface area contributed by atoms with Gasteiger partial charge in [0.15, 0.2) is 0 Å². The Balaban J connectivity index is 2.62. The van der Waals surface area contributed by atoms with Crippen LogP contribution in [0.15, 0.2) is 6.20 Å². The SMILES string of the molecule is CC(C)C[C@H](NC(=O)c1cnns1)C(=O)O. The zero-order valence-electron chi connectivity index (χ0n) is 9.01. The van der Waals surface area contributed by atoms with Gasteiger partial charge in [-0.2, -0.15) is 0 Å². The zero-order chi connectivity index (χ0) is 12.1. The third-order valence-electron chi connectivity index (χ3n) is 1.90. The lowest BCUT2D eigenvalue weighted by Gasteiger charge is -2.15. The lowest BCUT2D eigenvalue weighted by molar-refractivity contribution is -0.139. The molecular weight excluding hydrogens is 230 g/mol. The molecule has 1 aromatic heterocycles. The number of carboxylic acid groups (broad SMARTS) is 1. The average Bonchev–Trinajstić information content (AvgIpc) is 2.68. The van der Waals surface area contributed by atoms with Gasteiger partial charge in [0.25, 0.3) is 5.91 Å². The van der Waals surface area contributed by atoms with Crippen molar-refractivity contribution in [1.82, 2.24) is 14.9 Å². The van der Waals surface area contributed by atoms with Crippen LogP contribution in [0.5, 0.6) is 0 Å². The van der Waals surface area contributed by atoms with Crippen LogP contribution in [-0.2, 0) is 4.79 Å². The highest BCUT2D eigenvalue weighted by Gasteiger charge is 2.22. The van der Waals surface area contributed by atoms with Gasteiger partial charge < -0.3 is 10.4 Å². The van der Waals surface area contributed by atoms with E-state index in [1.54, 1.807) is 0 Å². The Kier molecular flexibility index (Phi) is 4.36. The second-order valence-corrected chi connectivity index (χ2v) is 4.56. The van der Waals surface area contributed by atoms with E-state index in [2.05, 4.69) is 14.9 Å². The van der Waals surface area contributed by atoms with Crippen molar-refractivity contribution >= 4 is 23.4 Å². The predicted octanol–water partition coefficient (Wildman–Crippen LogP) is 0.767. The number of aromatic nitrogens is 2. The number of carbonyl (C=O) groups is 2. The van der Waals surface area contributed by atoms with E-state index in [0.717, 1.165) is 11.5 Å². The molecule has 0 aliphatic heterocycles. The van der Waals surface area contributed by atoms with Crippen LogP contribution >= 0.6 is 11.5 Å². The summed E-state index contributed by atoms with van der Waals surface area (Å²) in [5.41, 5.74) is 0. The number of nitrogens with one attached hydrogen (secondary N) is 1. The third-order valence-corrected chi connectivity index (χ3v) is 2.56. The molecule has 16 heavy (non-hydrogen) atoms. The largest absolute Gasteiger partial charge is 0.480 e. The molecule has 0 radical (unpaired) electrons. The minimum absolute atomic E-state index is 0.195. The standard InChI is InChI=1S/C9H13N3O3S/c1-5(2)3-6(9(14)15)11-8(13)7-4-10-12-16-7/h4-6H,3H2,1-2H3,(H,11,13)(H,14,15)/t6-/m0/s1. The van der Waals surface area contributed by atoms with Crippen molar-refractivity contribution < 1.29 is 14.7 Å². The van der Waals surface area contributed by atoms with Crippen LogP contribution in [-0.4, -0.2) is 32.6 Å². The Hall–Kier alpha value is -1.50. The second kappa shape index (κ2) is 5.55. The van der Waals surface area contributed by atoms with E-state index in [0.29, 0.717) is 11.3 Å². The molecule has 0 spiro atoms. The third kappa shape index (κ3) is 3.58. The van der Waals surface area contributed by atoms with Crippen LogP contribution in [0, 0.1) is 5.92 Å². The molecule has 0 aliphatic carbocycles. The topological polar surface area (TPSA) is 92.2 Å². The number of hydrogen-bond donors (Lipinski definition) is 2. The van der Waals surface area contributed by atoms with Crippen LogP contribution in [0.4, 0.5) is 0 Å². The molecule has 1 atom stereocenters. The van der Waals surface area contributed by atoms with E-state index in [4.69, 9.17) is 5.11 Å². The van der Waals surface area contributed by atoms with Crippen molar-refractivity contribution in [2.75, 3.05) is 0 Å². The second-order valence-electron chi connectivity index (χ2n) is 3.78. The molecule has 0 fully saturated rings. The van der Waals surface area contributed by atoms with Crippen LogP contribution in [0.3, 0.4) is 0 Å². The van der Waals surface area contributed by atoms with Gasteiger partial charge in [0.1, 0.15) is 10.9 Å². The first-order valence-electron chi connectivity index (χ1n) is 4.81. The minimum atomic E-state index is -1.03. The van der Waals surface area contributed by atoms with Gasteiger partial charge in [-0.25, -0.2) is 4.79 Å². The van der Waals surface area contributed by atoms with E-state index >= 15 is 0 Å². The fourth-order valence-corrected chi connectivity index (χ4v) is 1.61. The summed E-state index contributed by atoms with van der Waals surface area (Å²) in [6.45, 7) is 3.80. The molecule has 0 bridgehead atoms. The molecule has 1 rings (SSSR count). The molecule has 0 unspecified atom stereocenters. The highest BCUT2D eigenvalue weighted by atomic mass is 32.1. The van der Waals surface area contributed by atoms with Crippen molar-refractivity contribution in [1.29, 1.82) is 0 Å². The summed E-state index contributed by atoms with van der Waals surface area (Å²) >= 11 is 0.938. The van der Waals surface area contributed by atoms with Crippen molar-refractivity contribution in [2.24, 2.45) is 5.92 Å². The van der Waals surface area contributed by atoms with Gasteiger partial charge in [-0.3, -0.25) is 4.79 Å². The number of amides is 1. The number of hydrogen-bond acceptors (Lipinski definition) is 5. The first-order valence-corrected chi connectivity index (χ1v) is 5.59. The summed E-state index contributed by atoms with van der Waals surface area (Å²) in [5, 5.41) is 14.9. The van der Waals surface area contributed by atoms with Gasteiger partial charge in [-0.05, 0) is 23.9 Å². The smallest absolute Gasteiger partial charge is 0.326 e. The van der Waals surface area contributed by atoms with Crippen molar-refractivity contribution in [3.63, 3.8) is 0 Å². The number of nitrogens with zero attached hydrogens (tertiary/aromatic N) is 2. The van der Waals surface area contributed by atoms with Crippen LogP contribution in [0.1, 0.15) is 29.9 Å². The van der Waals surface area contributed by atoms with Gasteiger partial charge in [0.05, 0.1) is 6.20 Å². The van der Waals surface area contributed by atoms with Gasteiger partial charge >= 0.3 is 5.97 Å². The van der Waals surface area contributed by atoms with Gasteiger partial charge in [-0.1, -0.05) is 18.3 Å². The maximum absolute atomic E-state index is 11.6. The zero-order valence-corrected chi connectivity index (χ0v) is 9.82. The number of carbonyl (C=O) groups excluding carboxylic acids is 1. The molecule has 2 N–H and O–H groups in total. The van der Waals surface area contributed by atoms with Crippen LogP contribution < -0.4 is 5.32 Å². The lowest BCUT2D eigenvalue weighted by Crippen LogP contribution is -2.41. The molecule has 6 nitrogen and oxygen atoms in total. The van der Waals surface area contributed by atoms with Crippen molar-refractivity contribution in [2.45, 2.75) is 26.3 Å². The van der Waals surface area contributed by atoms with Gasteiger partial charge in [0, 0.05) is 0 Å². The highest BCUT2D eigenvalue weighted by molar-refractivity contribution is 7.07. The summed E-state index contributed by atoms with van der Waals surface area (Å²) < 4.78 is 3.54. The van der Waals surface area contributed by atoms with Crippen LogP contribution in [0.2, 0.25) is 0 Å². The summed E-state index contributed by atoms with van der Waals surface area (Å²) in [5.74, 6) is -1.27. The lowest BCUT2D eigenvalue weighted by atomic mass is 10.0. The molecule has 0 aliphatic rings. The Morgan fingerprint density at radius 2 is 2.25 bits per heavy atom. The van der Waals surface area contributed by atoms with Crippen molar-refractivity contribution in [3.05, 3.63) is 11.1 Å². The van der Waals surface area contributed by atoms with E-state index in [9.17, 15) is 9.59 Å². The summed E-state index contributed by atoms with van der Waals surface area (Å²) in [7, 11) is 0. The van der Waals surface area contributed by atoms with Crippen LogP contribution in [0.25, 0.3) is 0 Å². The van der Waals surface area contributed by atoms with Gasteiger partial charge in [-0.15, -0.1) is 5.10 Å². The quantitative estimate of drug-likeness (QED) is 0.796. The van der Waals surface area contributed by atoms with Crippen molar-refractivity contribution in [3.8, 4) is 0 Å². The fourth-order valence-electron chi connectivity index (χ4n) is 1.19. The van der Waals surface area contributed by atoms with E-state index in [-0.39, 0.29) is 5.92 Å². The molecule has 88 valence electrons. The summed E-state index contributed by atoms with van der Waals surface area (Å²) in [6.07, 6.45) is 1.71. The number of carboxylic acids is 1. The fraction of sp³-hybridized carbons (Fsp3) is 0.556.